The molecule has 0 heterocycles. The third-order valence-electron chi connectivity index (χ3n) is 3.87. The van der Waals surface area contributed by atoms with Gasteiger partial charge in [-0.05, 0) is 50.4 Å². The van der Waals surface area contributed by atoms with Crippen LogP contribution in [0, 0.1) is 6.92 Å². The second-order valence-electron chi connectivity index (χ2n) is 5.68. The van der Waals surface area contributed by atoms with E-state index in [0.717, 1.165) is 18.5 Å². The predicted octanol–water partition coefficient (Wildman–Crippen LogP) is 3.45. The Morgan fingerprint density at radius 1 is 1.40 bits per heavy atom. The van der Waals surface area contributed by atoms with Crippen LogP contribution in [0.5, 0.6) is 5.75 Å². The molecule has 1 aliphatic carbocycles. The van der Waals surface area contributed by atoms with Crippen LogP contribution < -0.4 is 4.74 Å². The fraction of sp³-hybridized carbons (Fsp3) is 0.588. The fourth-order valence-corrected chi connectivity index (χ4v) is 2.49. The lowest BCUT2D eigenvalue weighted by Gasteiger charge is -2.21. The number of hydrogen-bond acceptors (Lipinski definition) is 3. The molecule has 1 aliphatic rings. The van der Waals surface area contributed by atoms with Gasteiger partial charge in [-0.15, -0.1) is 0 Å². The van der Waals surface area contributed by atoms with E-state index < -0.39 is 0 Å². The fourth-order valence-electron chi connectivity index (χ4n) is 2.49. The number of benzene rings is 1. The van der Waals surface area contributed by atoms with Gasteiger partial charge in [0.25, 0.3) is 0 Å². The highest BCUT2D eigenvalue weighted by Crippen LogP contribution is 2.28. The van der Waals surface area contributed by atoms with E-state index in [-0.39, 0.29) is 5.78 Å². The Hall–Kier alpha value is -1.35. The van der Waals surface area contributed by atoms with Crippen LogP contribution in [-0.2, 0) is 0 Å². The van der Waals surface area contributed by atoms with Crippen LogP contribution in [0.25, 0.3) is 0 Å². The van der Waals surface area contributed by atoms with Gasteiger partial charge in [0.2, 0.25) is 0 Å². The number of carbonyl (C=O) groups excluding carboxylic acids is 1. The number of rotatable bonds is 8. The molecule has 0 amide bonds. The molecule has 1 fully saturated rings. The first-order valence-electron chi connectivity index (χ1n) is 7.57. The molecule has 3 heteroatoms. The van der Waals surface area contributed by atoms with Gasteiger partial charge in [0, 0.05) is 6.04 Å². The Bertz CT molecular complexity index is 466. The van der Waals surface area contributed by atoms with E-state index in [1.165, 1.54) is 19.3 Å². The number of Topliss-reactive ketones (excluding diaryl/α,β-unsaturated/α-hetero) is 1. The highest BCUT2D eigenvalue weighted by molar-refractivity contribution is 6.00. The molecule has 2 rings (SSSR count). The van der Waals surface area contributed by atoms with Gasteiger partial charge in [0.1, 0.15) is 5.75 Å². The van der Waals surface area contributed by atoms with Crippen molar-refractivity contribution in [2.45, 2.75) is 45.6 Å². The van der Waals surface area contributed by atoms with E-state index in [0.29, 0.717) is 23.9 Å². The lowest BCUT2D eigenvalue weighted by atomic mass is 10.1. The van der Waals surface area contributed by atoms with Crippen molar-refractivity contribution in [3.8, 4) is 5.75 Å². The summed E-state index contributed by atoms with van der Waals surface area (Å²) >= 11 is 0. The van der Waals surface area contributed by atoms with E-state index in [1.54, 1.807) is 7.11 Å². The summed E-state index contributed by atoms with van der Waals surface area (Å²) in [5, 5.41) is 0. The summed E-state index contributed by atoms with van der Waals surface area (Å²) in [7, 11) is 1.63. The molecule has 0 atom stereocenters. The summed E-state index contributed by atoms with van der Waals surface area (Å²) in [4.78, 5) is 14.9. The Kier molecular flexibility index (Phi) is 5.18. The Labute approximate surface area is 121 Å². The van der Waals surface area contributed by atoms with Gasteiger partial charge in [0.15, 0.2) is 5.78 Å². The molecule has 1 aromatic rings. The van der Waals surface area contributed by atoms with Crippen molar-refractivity contribution in [2.75, 3.05) is 20.2 Å². The molecule has 1 saturated carbocycles. The van der Waals surface area contributed by atoms with E-state index >= 15 is 0 Å². The molecule has 0 aliphatic heterocycles. The van der Waals surface area contributed by atoms with Crippen LogP contribution in [0.3, 0.4) is 0 Å². The Morgan fingerprint density at radius 3 is 2.75 bits per heavy atom. The molecule has 3 nitrogen and oxygen atoms in total. The SMILES string of the molecule is CCCCN(CC(=O)c1ccc(C)cc1OC)C1CC1. The molecule has 20 heavy (non-hydrogen) atoms. The normalized spacial score (nSPS) is 14.6. The lowest BCUT2D eigenvalue weighted by molar-refractivity contribution is 0.0920. The highest BCUT2D eigenvalue weighted by Gasteiger charge is 2.30. The molecule has 0 saturated heterocycles. The number of hydrogen-bond donors (Lipinski definition) is 0. The minimum atomic E-state index is 0.171. The number of nitrogens with zero attached hydrogens (tertiary/aromatic N) is 1. The maximum atomic E-state index is 12.5. The van der Waals surface area contributed by atoms with Crippen molar-refractivity contribution in [2.24, 2.45) is 0 Å². The smallest absolute Gasteiger partial charge is 0.180 e. The quantitative estimate of drug-likeness (QED) is 0.681. The van der Waals surface area contributed by atoms with E-state index in [4.69, 9.17) is 4.74 Å². The molecule has 0 unspecified atom stereocenters. The van der Waals surface area contributed by atoms with Crippen molar-refractivity contribution in [3.05, 3.63) is 29.3 Å². The predicted molar refractivity (Wildman–Crippen MR) is 81.6 cm³/mol. The Balaban J connectivity index is 2.06. The second kappa shape index (κ2) is 6.89. The Morgan fingerprint density at radius 2 is 2.15 bits per heavy atom. The monoisotopic (exact) mass is 275 g/mol. The molecular formula is C17H25NO2. The van der Waals surface area contributed by atoms with Crippen molar-refractivity contribution in [3.63, 3.8) is 0 Å². The summed E-state index contributed by atoms with van der Waals surface area (Å²) in [6.07, 6.45) is 4.81. The second-order valence-corrected chi connectivity index (χ2v) is 5.68. The van der Waals surface area contributed by atoms with Gasteiger partial charge in [-0.3, -0.25) is 9.69 Å². The summed E-state index contributed by atoms with van der Waals surface area (Å²) < 4.78 is 5.35. The molecule has 1 aromatic carbocycles. The molecule has 0 radical (unpaired) electrons. The van der Waals surface area contributed by atoms with Crippen molar-refractivity contribution in [1.29, 1.82) is 0 Å². The van der Waals surface area contributed by atoms with Crippen LogP contribution in [-0.4, -0.2) is 36.9 Å². The van der Waals surface area contributed by atoms with Crippen LogP contribution in [0.15, 0.2) is 18.2 Å². The molecule has 0 aromatic heterocycles. The number of ether oxygens (including phenoxy) is 1. The summed E-state index contributed by atoms with van der Waals surface area (Å²) in [5.41, 5.74) is 1.82. The average Bonchev–Trinajstić information content (AvgIpc) is 3.27. The first kappa shape index (κ1) is 15.0. The largest absolute Gasteiger partial charge is 0.496 e. The number of aryl methyl sites for hydroxylation is 1. The van der Waals surface area contributed by atoms with Crippen LogP contribution in [0.1, 0.15) is 48.5 Å². The van der Waals surface area contributed by atoms with Gasteiger partial charge in [-0.1, -0.05) is 19.4 Å². The molecule has 0 N–H and O–H groups in total. The van der Waals surface area contributed by atoms with Crippen LogP contribution >= 0.6 is 0 Å². The number of ketones is 1. The zero-order chi connectivity index (χ0) is 14.5. The number of methoxy groups -OCH3 is 1. The zero-order valence-electron chi connectivity index (χ0n) is 12.8. The molecule has 0 spiro atoms. The van der Waals surface area contributed by atoms with Gasteiger partial charge >= 0.3 is 0 Å². The number of unbranched alkanes of at least 4 members (excludes halogenated alkanes) is 1. The average molecular weight is 275 g/mol. The minimum absolute atomic E-state index is 0.171. The standard InChI is InChI=1S/C17H25NO2/c1-4-5-10-18(14-7-8-14)12-16(19)15-9-6-13(2)11-17(15)20-3/h6,9,11,14H,4-5,7-8,10,12H2,1-3H3. The van der Waals surface area contributed by atoms with Gasteiger partial charge in [-0.2, -0.15) is 0 Å². The maximum absolute atomic E-state index is 12.5. The van der Waals surface area contributed by atoms with E-state index in [9.17, 15) is 4.79 Å². The summed E-state index contributed by atoms with van der Waals surface area (Å²) in [5.74, 6) is 0.867. The first-order valence-corrected chi connectivity index (χ1v) is 7.57. The molecular weight excluding hydrogens is 250 g/mol. The maximum Gasteiger partial charge on any atom is 0.180 e. The van der Waals surface area contributed by atoms with E-state index in [2.05, 4.69) is 11.8 Å². The highest BCUT2D eigenvalue weighted by atomic mass is 16.5. The lowest BCUT2D eigenvalue weighted by Crippen LogP contribution is -2.33. The van der Waals surface area contributed by atoms with Crippen LogP contribution in [0.4, 0.5) is 0 Å². The van der Waals surface area contributed by atoms with Crippen molar-refractivity contribution >= 4 is 5.78 Å². The minimum Gasteiger partial charge on any atom is -0.496 e. The molecule has 0 bridgehead atoms. The first-order chi connectivity index (χ1) is 9.65. The van der Waals surface area contributed by atoms with Gasteiger partial charge in [0.05, 0.1) is 19.2 Å². The summed E-state index contributed by atoms with van der Waals surface area (Å²) in [6.45, 7) is 5.75. The summed E-state index contributed by atoms with van der Waals surface area (Å²) in [6, 6.07) is 6.42. The van der Waals surface area contributed by atoms with Gasteiger partial charge in [-0.25, -0.2) is 0 Å². The third-order valence-corrected chi connectivity index (χ3v) is 3.87. The van der Waals surface area contributed by atoms with Crippen molar-refractivity contribution < 1.29 is 9.53 Å². The third kappa shape index (κ3) is 3.83. The van der Waals surface area contributed by atoms with Crippen molar-refractivity contribution in [1.82, 2.24) is 4.90 Å². The molecule has 110 valence electrons. The zero-order valence-corrected chi connectivity index (χ0v) is 12.8. The van der Waals surface area contributed by atoms with Gasteiger partial charge < -0.3 is 4.74 Å². The topological polar surface area (TPSA) is 29.5 Å². The van der Waals surface area contributed by atoms with Crippen LogP contribution in [0.2, 0.25) is 0 Å². The number of carbonyl (C=O) groups is 1. The van der Waals surface area contributed by atoms with E-state index in [1.807, 2.05) is 25.1 Å².